The van der Waals surface area contributed by atoms with Crippen LogP contribution in [0.15, 0.2) is 77.8 Å². The van der Waals surface area contributed by atoms with Gasteiger partial charge >= 0.3 is 0 Å². The van der Waals surface area contributed by atoms with Crippen LogP contribution in [-0.4, -0.2) is 28.7 Å². The second kappa shape index (κ2) is 10.6. The summed E-state index contributed by atoms with van der Waals surface area (Å²) in [5.41, 5.74) is 5.78. The van der Waals surface area contributed by atoms with Gasteiger partial charge in [0.15, 0.2) is 0 Å². The minimum Gasteiger partial charge on any atom is -0.350 e. The van der Waals surface area contributed by atoms with Crippen molar-refractivity contribution in [2.75, 3.05) is 17.6 Å². The molecule has 0 unspecified atom stereocenters. The monoisotopic (exact) mass is 471 g/mol. The summed E-state index contributed by atoms with van der Waals surface area (Å²) < 4.78 is 2.14. The molecule has 2 amide bonds. The third-order valence-corrected chi connectivity index (χ3v) is 6.85. The number of nitrogens with one attached hydrogen (secondary N) is 2. The lowest BCUT2D eigenvalue weighted by molar-refractivity contribution is -0.113. The SMILES string of the molecule is Cc1ccc(C)c(NC(=O)CSc2cn(CCNC(=O)c3ccccc3C)c3ccccc23)c1. The first-order valence-corrected chi connectivity index (χ1v) is 12.3. The van der Waals surface area contributed by atoms with Crippen molar-refractivity contribution in [2.45, 2.75) is 32.2 Å². The normalized spacial score (nSPS) is 10.9. The number of hydrogen-bond acceptors (Lipinski definition) is 3. The summed E-state index contributed by atoms with van der Waals surface area (Å²) in [6.45, 7) is 7.11. The average Bonchev–Trinajstić information content (AvgIpc) is 3.18. The van der Waals surface area contributed by atoms with Crippen LogP contribution >= 0.6 is 11.8 Å². The van der Waals surface area contributed by atoms with Crippen LogP contribution < -0.4 is 10.6 Å². The molecular formula is C28H29N3O2S. The summed E-state index contributed by atoms with van der Waals surface area (Å²) in [6, 6.07) is 21.8. The molecule has 0 aliphatic carbocycles. The first kappa shape index (κ1) is 23.6. The Morgan fingerprint density at radius 2 is 1.68 bits per heavy atom. The molecule has 0 bridgehead atoms. The Bertz CT molecular complexity index is 1340. The highest BCUT2D eigenvalue weighted by atomic mass is 32.2. The van der Waals surface area contributed by atoms with Crippen molar-refractivity contribution in [3.63, 3.8) is 0 Å². The van der Waals surface area contributed by atoms with E-state index >= 15 is 0 Å². The van der Waals surface area contributed by atoms with Crippen LogP contribution in [0.1, 0.15) is 27.0 Å². The van der Waals surface area contributed by atoms with Gasteiger partial charge in [-0.2, -0.15) is 0 Å². The highest BCUT2D eigenvalue weighted by Crippen LogP contribution is 2.30. The summed E-state index contributed by atoms with van der Waals surface area (Å²) in [6.07, 6.45) is 2.07. The molecule has 1 heterocycles. The van der Waals surface area contributed by atoms with Crippen LogP contribution in [0.2, 0.25) is 0 Å². The molecule has 4 aromatic rings. The van der Waals surface area contributed by atoms with Gasteiger partial charge < -0.3 is 15.2 Å². The van der Waals surface area contributed by atoms with Gasteiger partial charge in [-0.15, -0.1) is 11.8 Å². The molecule has 174 valence electrons. The van der Waals surface area contributed by atoms with Crippen molar-refractivity contribution >= 4 is 40.2 Å². The fourth-order valence-corrected chi connectivity index (χ4v) is 4.81. The summed E-state index contributed by atoms with van der Waals surface area (Å²) in [5, 5.41) is 7.16. The molecule has 0 fully saturated rings. The number of thioether (sulfide) groups is 1. The molecule has 0 radical (unpaired) electrons. The molecule has 0 aliphatic rings. The van der Waals surface area contributed by atoms with Gasteiger partial charge in [-0.05, 0) is 55.7 Å². The predicted octanol–water partition coefficient (Wildman–Crippen LogP) is 5.73. The maximum Gasteiger partial charge on any atom is 0.251 e. The third-order valence-electron chi connectivity index (χ3n) is 5.81. The fourth-order valence-electron chi connectivity index (χ4n) is 3.93. The van der Waals surface area contributed by atoms with Crippen molar-refractivity contribution in [1.29, 1.82) is 0 Å². The molecule has 2 N–H and O–H groups in total. The number of carbonyl (C=O) groups excluding carboxylic acids is 2. The molecule has 4 rings (SSSR count). The highest BCUT2D eigenvalue weighted by Gasteiger charge is 2.13. The lowest BCUT2D eigenvalue weighted by Crippen LogP contribution is -2.27. The Labute approximate surface area is 204 Å². The molecule has 0 atom stereocenters. The van der Waals surface area contributed by atoms with Crippen molar-refractivity contribution in [2.24, 2.45) is 0 Å². The number of hydrogen-bond donors (Lipinski definition) is 2. The Hall–Kier alpha value is -3.51. The van der Waals surface area contributed by atoms with E-state index in [1.54, 1.807) is 0 Å². The van der Waals surface area contributed by atoms with E-state index in [0.717, 1.165) is 38.2 Å². The van der Waals surface area contributed by atoms with E-state index in [2.05, 4.69) is 33.5 Å². The standard InChI is InChI=1S/C28H29N3O2S/c1-19-12-13-21(3)24(16-19)30-27(32)18-34-26-17-31(25-11-7-6-10-23(25)26)15-14-29-28(33)22-9-5-4-8-20(22)2/h4-13,16-17H,14-15,18H2,1-3H3,(H,29,33)(H,30,32). The Morgan fingerprint density at radius 3 is 2.50 bits per heavy atom. The minimum absolute atomic E-state index is 0.0268. The zero-order valence-electron chi connectivity index (χ0n) is 19.7. The van der Waals surface area contributed by atoms with Crippen LogP contribution in [0, 0.1) is 20.8 Å². The van der Waals surface area contributed by atoms with Crippen LogP contribution in [0.4, 0.5) is 5.69 Å². The van der Waals surface area contributed by atoms with Gasteiger partial charge in [-0.3, -0.25) is 9.59 Å². The van der Waals surface area contributed by atoms with Gasteiger partial charge in [-0.1, -0.05) is 48.5 Å². The molecule has 0 aliphatic heterocycles. The fraction of sp³-hybridized carbons (Fsp3) is 0.214. The van der Waals surface area contributed by atoms with Gasteiger partial charge in [0.2, 0.25) is 5.91 Å². The molecule has 3 aromatic carbocycles. The molecule has 5 nitrogen and oxygen atoms in total. The summed E-state index contributed by atoms with van der Waals surface area (Å²) >= 11 is 1.53. The molecule has 0 saturated heterocycles. The van der Waals surface area contributed by atoms with Crippen molar-refractivity contribution < 1.29 is 9.59 Å². The number of rotatable bonds is 8. The summed E-state index contributed by atoms with van der Waals surface area (Å²) in [5.74, 6) is 0.235. The number of amides is 2. The molecular weight excluding hydrogens is 442 g/mol. The first-order valence-electron chi connectivity index (χ1n) is 11.3. The van der Waals surface area contributed by atoms with Crippen molar-refractivity contribution in [3.05, 3.63) is 95.2 Å². The van der Waals surface area contributed by atoms with Gasteiger partial charge in [0.05, 0.1) is 5.75 Å². The number of aromatic nitrogens is 1. The molecule has 0 spiro atoms. The number of fused-ring (bicyclic) bond motifs is 1. The topological polar surface area (TPSA) is 63.1 Å². The van der Waals surface area contributed by atoms with Crippen LogP contribution in [0.25, 0.3) is 10.9 Å². The lowest BCUT2D eigenvalue weighted by Gasteiger charge is -2.09. The number of nitrogens with zero attached hydrogens (tertiary/aromatic N) is 1. The van der Waals surface area contributed by atoms with E-state index in [0.29, 0.717) is 24.4 Å². The van der Waals surface area contributed by atoms with Crippen LogP contribution in [0.3, 0.4) is 0 Å². The van der Waals surface area contributed by atoms with Gasteiger partial charge in [-0.25, -0.2) is 0 Å². The van der Waals surface area contributed by atoms with Crippen molar-refractivity contribution in [1.82, 2.24) is 9.88 Å². The molecule has 6 heteroatoms. The Morgan fingerprint density at radius 1 is 0.912 bits per heavy atom. The first-order chi connectivity index (χ1) is 16.4. The average molecular weight is 472 g/mol. The predicted molar refractivity (Wildman–Crippen MR) is 141 cm³/mol. The smallest absolute Gasteiger partial charge is 0.251 e. The molecule has 1 aromatic heterocycles. The van der Waals surface area contributed by atoms with E-state index < -0.39 is 0 Å². The van der Waals surface area contributed by atoms with Gasteiger partial charge in [0.1, 0.15) is 0 Å². The number of benzene rings is 3. The zero-order valence-corrected chi connectivity index (χ0v) is 20.5. The summed E-state index contributed by atoms with van der Waals surface area (Å²) in [4.78, 5) is 26.2. The van der Waals surface area contributed by atoms with Crippen LogP contribution in [0.5, 0.6) is 0 Å². The highest BCUT2D eigenvalue weighted by molar-refractivity contribution is 8.00. The van der Waals surface area contributed by atoms with E-state index in [1.165, 1.54) is 11.8 Å². The number of para-hydroxylation sites is 1. The Kier molecular flexibility index (Phi) is 7.38. The zero-order chi connectivity index (χ0) is 24.1. The maximum absolute atomic E-state index is 12.6. The maximum atomic E-state index is 12.6. The van der Waals surface area contributed by atoms with E-state index in [1.807, 2.05) is 75.4 Å². The second-order valence-corrected chi connectivity index (χ2v) is 9.45. The van der Waals surface area contributed by atoms with Crippen LogP contribution in [-0.2, 0) is 11.3 Å². The van der Waals surface area contributed by atoms with E-state index in [4.69, 9.17) is 0 Å². The van der Waals surface area contributed by atoms with Gasteiger partial charge in [0.25, 0.3) is 5.91 Å². The molecule has 34 heavy (non-hydrogen) atoms. The number of carbonyl (C=O) groups is 2. The van der Waals surface area contributed by atoms with E-state index in [-0.39, 0.29) is 11.8 Å². The van der Waals surface area contributed by atoms with Gasteiger partial charge in [0, 0.05) is 46.3 Å². The summed E-state index contributed by atoms with van der Waals surface area (Å²) in [7, 11) is 0. The largest absolute Gasteiger partial charge is 0.350 e. The number of aryl methyl sites for hydroxylation is 3. The van der Waals surface area contributed by atoms with Crippen molar-refractivity contribution in [3.8, 4) is 0 Å². The molecule has 0 saturated carbocycles. The number of anilines is 1. The third kappa shape index (κ3) is 5.51. The minimum atomic E-state index is -0.0627. The second-order valence-electron chi connectivity index (χ2n) is 8.43. The van der Waals surface area contributed by atoms with E-state index in [9.17, 15) is 9.59 Å². The quantitative estimate of drug-likeness (QED) is 0.323. The lowest BCUT2D eigenvalue weighted by atomic mass is 10.1. The Balaban J connectivity index is 1.40.